The highest BCUT2D eigenvalue weighted by Gasteiger charge is 2.15. The van der Waals surface area contributed by atoms with Crippen LogP contribution in [-0.2, 0) is 0 Å². The molecule has 4 rings (SSSR count). The number of hydrogen-bond acceptors (Lipinski definition) is 2. The topological polar surface area (TPSA) is 12.9 Å². The molecule has 0 saturated carbocycles. The van der Waals surface area contributed by atoms with Gasteiger partial charge in [0.2, 0.25) is 0 Å². The Hall–Kier alpha value is -2.71. The summed E-state index contributed by atoms with van der Waals surface area (Å²) in [5.41, 5.74) is 4.50. The minimum absolute atomic E-state index is 1.03. The van der Waals surface area contributed by atoms with Gasteiger partial charge in [-0.05, 0) is 17.7 Å². The molecule has 0 aliphatic heterocycles. The van der Waals surface area contributed by atoms with Crippen LogP contribution in [0.1, 0.15) is 0 Å². The fourth-order valence-corrected chi connectivity index (χ4v) is 3.64. The molecule has 0 spiro atoms. The van der Waals surface area contributed by atoms with Gasteiger partial charge >= 0.3 is 0 Å². The molecule has 0 amide bonds. The summed E-state index contributed by atoms with van der Waals surface area (Å²) in [5, 5.41) is 1.03. The van der Waals surface area contributed by atoms with Gasteiger partial charge in [0, 0.05) is 11.1 Å². The Morgan fingerprint density at radius 1 is 0.696 bits per heavy atom. The smallest absolute Gasteiger partial charge is 0.124 e. The number of nitrogens with zero attached hydrogens (tertiary/aromatic N) is 1. The van der Waals surface area contributed by atoms with Crippen LogP contribution in [0.5, 0.6) is 0 Å². The molecule has 1 aromatic heterocycles. The summed E-state index contributed by atoms with van der Waals surface area (Å²) in [7, 11) is 0. The van der Waals surface area contributed by atoms with E-state index in [4.69, 9.17) is 4.98 Å². The minimum Gasteiger partial charge on any atom is -0.235 e. The first-order chi connectivity index (χ1) is 11.4. The zero-order valence-electron chi connectivity index (χ0n) is 12.4. The molecule has 23 heavy (non-hydrogen) atoms. The lowest BCUT2D eigenvalue weighted by atomic mass is 10.1. The Bertz CT molecular complexity index is 840. The van der Waals surface area contributed by atoms with Crippen LogP contribution in [-0.4, -0.2) is 4.98 Å². The normalized spacial score (nSPS) is 10.6. The van der Waals surface area contributed by atoms with E-state index in [0.717, 1.165) is 21.8 Å². The van der Waals surface area contributed by atoms with Gasteiger partial charge in [0.15, 0.2) is 0 Å². The van der Waals surface area contributed by atoms with Gasteiger partial charge in [-0.25, -0.2) is 4.98 Å². The fourth-order valence-electron chi connectivity index (χ4n) is 2.55. The first-order valence-electron chi connectivity index (χ1n) is 7.50. The first-order valence-corrected chi connectivity index (χ1v) is 8.31. The highest BCUT2D eigenvalue weighted by atomic mass is 32.1. The van der Waals surface area contributed by atoms with Gasteiger partial charge in [-0.15, -0.1) is 11.3 Å². The van der Waals surface area contributed by atoms with Crippen molar-refractivity contribution in [3.8, 4) is 32.3 Å². The third-order valence-corrected chi connectivity index (χ3v) is 4.82. The quantitative estimate of drug-likeness (QED) is 0.456. The Labute approximate surface area is 139 Å². The third kappa shape index (κ3) is 2.81. The number of aromatic nitrogens is 1. The van der Waals surface area contributed by atoms with E-state index in [9.17, 15) is 0 Å². The van der Waals surface area contributed by atoms with Crippen molar-refractivity contribution in [3.05, 3.63) is 91.0 Å². The second-order valence-corrected chi connectivity index (χ2v) is 6.22. The fraction of sp³-hybridized carbons (Fsp3) is 0. The van der Waals surface area contributed by atoms with Crippen molar-refractivity contribution in [2.24, 2.45) is 0 Å². The largest absolute Gasteiger partial charge is 0.235 e. The Balaban J connectivity index is 1.91. The van der Waals surface area contributed by atoms with Crippen molar-refractivity contribution in [2.45, 2.75) is 0 Å². The van der Waals surface area contributed by atoms with Crippen LogP contribution in [0.3, 0.4) is 0 Å². The van der Waals surface area contributed by atoms with Crippen molar-refractivity contribution in [1.82, 2.24) is 4.98 Å². The summed E-state index contributed by atoms with van der Waals surface area (Å²) < 4.78 is 0. The van der Waals surface area contributed by atoms with E-state index in [0.29, 0.717) is 0 Å². The molecule has 1 radical (unpaired) electrons. The number of rotatable bonds is 3. The maximum Gasteiger partial charge on any atom is 0.124 e. The van der Waals surface area contributed by atoms with E-state index < -0.39 is 0 Å². The molecule has 3 aromatic carbocycles. The summed E-state index contributed by atoms with van der Waals surface area (Å²) in [4.78, 5) is 6.13. The Morgan fingerprint density at radius 2 is 1.35 bits per heavy atom. The molecule has 2 heteroatoms. The van der Waals surface area contributed by atoms with Crippen molar-refractivity contribution in [1.29, 1.82) is 0 Å². The molecular weight excluding hydrogens is 298 g/mol. The molecule has 4 aromatic rings. The molecular formula is C21H14NS. The minimum atomic E-state index is 1.03. The number of benzene rings is 3. The summed E-state index contributed by atoms with van der Waals surface area (Å²) >= 11 is 1.73. The molecule has 109 valence electrons. The first kappa shape index (κ1) is 13.9. The number of hydrogen-bond donors (Lipinski definition) is 0. The predicted octanol–water partition coefficient (Wildman–Crippen LogP) is 5.94. The lowest BCUT2D eigenvalue weighted by molar-refractivity contribution is 1.40. The molecule has 1 heterocycles. The van der Waals surface area contributed by atoms with E-state index in [1.54, 1.807) is 11.3 Å². The van der Waals surface area contributed by atoms with Gasteiger partial charge in [0.25, 0.3) is 0 Å². The van der Waals surface area contributed by atoms with E-state index in [1.165, 1.54) is 10.4 Å². The lowest BCUT2D eigenvalue weighted by Crippen LogP contribution is -1.82. The van der Waals surface area contributed by atoms with Gasteiger partial charge in [-0.2, -0.15) is 0 Å². The number of thiazole rings is 1. The van der Waals surface area contributed by atoms with Gasteiger partial charge in [0.05, 0.1) is 10.6 Å². The molecule has 0 atom stereocenters. The highest BCUT2D eigenvalue weighted by Crippen LogP contribution is 2.40. The van der Waals surface area contributed by atoms with Crippen molar-refractivity contribution >= 4 is 11.3 Å². The zero-order chi connectivity index (χ0) is 15.5. The zero-order valence-corrected chi connectivity index (χ0v) is 13.3. The summed E-state index contributed by atoms with van der Waals surface area (Å²) in [6.07, 6.45) is 0. The van der Waals surface area contributed by atoms with Crippen LogP contribution in [0.4, 0.5) is 0 Å². The standard InChI is InChI=1S/C21H14NS/c1-4-10-16(11-5-1)19-20(17-12-6-2-7-13-17)23-21(22-19)18-14-8-3-9-15-18/h1-8,10-15H. The van der Waals surface area contributed by atoms with Crippen molar-refractivity contribution in [3.63, 3.8) is 0 Å². The molecule has 0 unspecified atom stereocenters. The van der Waals surface area contributed by atoms with Crippen molar-refractivity contribution in [2.75, 3.05) is 0 Å². The molecule has 0 fully saturated rings. The Morgan fingerprint density at radius 3 is 2.00 bits per heavy atom. The van der Waals surface area contributed by atoms with Crippen LogP contribution in [0, 0.1) is 6.07 Å². The van der Waals surface area contributed by atoms with Gasteiger partial charge in [-0.1, -0.05) is 78.9 Å². The van der Waals surface area contributed by atoms with Crippen LogP contribution in [0.2, 0.25) is 0 Å². The van der Waals surface area contributed by atoms with Gasteiger partial charge in [0.1, 0.15) is 5.01 Å². The second-order valence-electron chi connectivity index (χ2n) is 5.22. The van der Waals surface area contributed by atoms with E-state index >= 15 is 0 Å². The SMILES string of the molecule is [c]1cccc(-c2nc(-c3ccccc3)c(-c3ccccc3)s2)c1. The van der Waals surface area contributed by atoms with Crippen LogP contribution in [0.15, 0.2) is 84.9 Å². The summed E-state index contributed by atoms with van der Waals surface area (Å²) in [5.74, 6) is 0. The van der Waals surface area contributed by atoms with Crippen LogP contribution < -0.4 is 0 Å². The monoisotopic (exact) mass is 312 g/mol. The Kier molecular flexibility index (Phi) is 3.75. The molecule has 0 bridgehead atoms. The van der Waals surface area contributed by atoms with E-state index in [-0.39, 0.29) is 0 Å². The lowest BCUT2D eigenvalue weighted by Gasteiger charge is -2.02. The summed E-state index contributed by atoms with van der Waals surface area (Å²) in [6, 6.07) is 31.9. The van der Waals surface area contributed by atoms with Gasteiger partial charge in [-0.3, -0.25) is 0 Å². The van der Waals surface area contributed by atoms with E-state index in [2.05, 4.69) is 60.7 Å². The molecule has 0 aliphatic rings. The molecule has 0 saturated heterocycles. The van der Waals surface area contributed by atoms with Crippen molar-refractivity contribution < 1.29 is 0 Å². The average Bonchev–Trinajstić information content (AvgIpc) is 3.09. The second kappa shape index (κ2) is 6.19. The van der Waals surface area contributed by atoms with E-state index in [1.807, 2.05) is 30.3 Å². The molecule has 1 nitrogen and oxygen atoms in total. The summed E-state index contributed by atoms with van der Waals surface area (Å²) in [6.45, 7) is 0. The van der Waals surface area contributed by atoms with Crippen LogP contribution >= 0.6 is 11.3 Å². The van der Waals surface area contributed by atoms with Gasteiger partial charge < -0.3 is 0 Å². The molecule has 0 aliphatic carbocycles. The third-order valence-electron chi connectivity index (χ3n) is 3.66. The maximum absolute atomic E-state index is 4.93. The average molecular weight is 312 g/mol. The highest BCUT2D eigenvalue weighted by molar-refractivity contribution is 7.19. The van der Waals surface area contributed by atoms with Crippen LogP contribution in [0.25, 0.3) is 32.3 Å². The predicted molar refractivity (Wildman–Crippen MR) is 97.3 cm³/mol. The molecule has 0 N–H and O–H groups in total. The maximum atomic E-state index is 4.93.